The molecule has 0 bridgehead atoms. The van der Waals surface area contributed by atoms with Gasteiger partial charge >= 0.3 is 17.7 Å². The first kappa shape index (κ1) is 27.9. The van der Waals surface area contributed by atoms with Crippen molar-refractivity contribution in [1.29, 1.82) is 0 Å². The third kappa shape index (κ3) is 6.18. The SMILES string of the molecule is COc1cc(C=C(CC(C)C)C2(c3ccc(O)c(OC)c3CCC(C)C)OC(=O)CC(=O)O2)ccc1O. The summed E-state index contributed by atoms with van der Waals surface area (Å²) in [5.74, 6) is -2.43. The molecule has 2 aromatic carbocycles. The van der Waals surface area contributed by atoms with E-state index in [9.17, 15) is 19.8 Å². The van der Waals surface area contributed by atoms with Gasteiger partial charge in [-0.2, -0.15) is 0 Å². The molecule has 1 aliphatic heterocycles. The van der Waals surface area contributed by atoms with Gasteiger partial charge in [0.1, 0.15) is 6.42 Å². The summed E-state index contributed by atoms with van der Waals surface area (Å²) in [5, 5.41) is 20.6. The van der Waals surface area contributed by atoms with Gasteiger partial charge in [-0.15, -0.1) is 0 Å². The summed E-state index contributed by atoms with van der Waals surface area (Å²) in [6.07, 6.45) is 2.93. The summed E-state index contributed by atoms with van der Waals surface area (Å²) in [7, 11) is 2.91. The molecule has 3 rings (SSSR count). The highest BCUT2D eigenvalue weighted by molar-refractivity contribution is 5.94. The number of carbonyl (C=O) groups is 2. The third-order valence-electron chi connectivity index (χ3n) is 6.17. The molecule has 8 heteroatoms. The van der Waals surface area contributed by atoms with E-state index >= 15 is 0 Å². The summed E-state index contributed by atoms with van der Waals surface area (Å²) < 4.78 is 22.8. The van der Waals surface area contributed by atoms with Crippen LogP contribution in [0.5, 0.6) is 23.0 Å². The van der Waals surface area contributed by atoms with Gasteiger partial charge in [0.05, 0.1) is 14.2 Å². The Kier molecular flexibility index (Phi) is 8.73. The van der Waals surface area contributed by atoms with Gasteiger partial charge in [-0.3, -0.25) is 9.59 Å². The predicted octanol–water partition coefficient (Wildman–Crippen LogP) is 5.48. The normalized spacial score (nSPS) is 15.5. The van der Waals surface area contributed by atoms with Gasteiger partial charge in [0.2, 0.25) is 0 Å². The molecule has 0 spiro atoms. The second kappa shape index (κ2) is 11.6. The molecule has 0 aliphatic carbocycles. The number of phenols is 2. The number of methoxy groups -OCH3 is 2. The lowest BCUT2D eigenvalue weighted by Crippen LogP contribution is -2.45. The number of rotatable bonds is 10. The summed E-state index contributed by atoms with van der Waals surface area (Å²) in [4.78, 5) is 25.5. The summed E-state index contributed by atoms with van der Waals surface area (Å²) >= 11 is 0. The lowest BCUT2D eigenvalue weighted by atomic mass is 9.84. The summed E-state index contributed by atoms with van der Waals surface area (Å²) in [6.45, 7) is 8.16. The minimum absolute atomic E-state index is 0.0189. The summed E-state index contributed by atoms with van der Waals surface area (Å²) in [5.41, 5.74) is 2.19. The molecule has 1 aliphatic rings. The molecule has 2 N–H and O–H groups in total. The average molecular weight is 513 g/mol. The number of carbonyl (C=O) groups excluding carboxylic acids is 2. The van der Waals surface area contributed by atoms with E-state index in [2.05, 4.69) is 13.8 Å². The number of phenolic OH excluding ortho intramolecular Hbond substituents is 2. The third-order valence-corrected chi connectivity index (χ3v) is 6.17. The first-order valence-corrected chi connectivity index (χ1v) is 12.4. The molecule has 0 unspecified atom stereocenters. The molecular weight excluding hydrogens is 476 g/mol. The van der Waals surface area contributed by atoms with Crippen LogP contribution in [-0.4, -0.2) is 36.4 Å². The van der Waals surface area contributed by atoms with Crippen LogP contribution in [0.25, 0.3) is 6.08 Å². The first-order chi connectivity index (χ1) is 17.5. The number of esters is 2. The Morgan fingerprint density at radius 3 is 2.19 bits per heavy atom. The van der Waals surface area contributed by atoms with Crippen LogP contribution < -0.4 is 9.47 Å². The Labute approximate surface area is 217 Å². The minimum Gasteiger partial charge on any atom is -0.504 e. The number of ether oxygens (including phenoxy) is 4. The zero-order valence-electron chi connectivity index (χ0n) is 22.3. The fourth-order valence-electron chi connectivity index (χ4n) is 4.49. The number of hydrogen-bond acceptors (Lipinski definition) is 8. The molecule has 0 radical (unpaired) electrons. The molecular formula is C29H36O8. The Balaban J connectivity index is 2.35. The molecule has 37 heavy (non-hydrogen) atoms. The van der Waals surface area contributed by atoms with Crippen molar-refractivity contribution < 1.29 is 38.7 Å². The van der Waals surface area contributed by atoms with Crippen LogP contribution in [-0.2, 0) is 31.3 Å². The smallest absolute Gasteiger partial charge is 0.320 e. The summed E-state index contributed by atoms with van der Waals surface area (Å²) in [6, 6.07) is 7.90. The van der Waals surface area contributed by atoms with Gasteiger partial charge in [0, 0.05) is 16.7 Å². The molecule has 1 fully saturated rings. The molecule has 1 heterocycles. The van der Waals surface area contributed by atoms with Crippen molar-refractivity contribution in [3.05, 3.63) is 52.6 Å². The lowest BCUT2D eigenvalue weighted by molar-refractivity contribution is -0.236. The molecule has 0 atom stereocenters. The Bertz CT molecular complexity index is 1160. The van der Waals surface area contributed by atoms with Gasteiger partial charge in [-0.1, -0.05) is 33.8 Å². The van der Waals surface area contributed by atoms with Crippen molar-refractivity contribution in [2.24, 2.45) is 11.8 Å². The Hall–Kier alpha value is -3.68. The van der Waals surface area contributed by atoms with Crippen molar-refractivity contribution in [3.63, 3.8) is 0 Å². The highest BCUT2D eigenvalue weighted by Gasteiger charge is 2.50. The van der Waals surface area contributed by atoms with E-state index in [1.807, 2.05) is 13.8 Å². The van der Waals surface area contributed by atoms with Crippen LogP contribution in [0.15, 0.2) is 35.9 Å². The number of cyclic esters (lactones) is 2. The quantitative estimate of drug-likeness (QED) is 0.318. The second-order valence-electron chi connectivity index (χ2n) is 10.0. The molecule has 0 aromatic heterocycles. The lowest BCUT2D eigenvalue weighted by Gasteiger charge is -2.40. The molecule has 2 aromatic rings. The van der Waals surface area contributed by atoms with Gasteiger partial charge < -0.3 is 29.2 Å². The largest absolute Gasteiger partial charge is 0.504 e. The fourth-order valence-corrected chi connectivity index (χ4v) is 4.49. The minimum atomic E-state index is -1.87. The first-order valence-electron chi connectivity index (χ1n) is 12.4. The topological polar surface area (TPSA) is 112 Å². The van der Waals surface area contributed by atoms with Gasteiger partial charge in [-0.05, 0) is 67.0 Å². The predicted molar refractivity (Wildman–Crippen MR) is 138 cm³/mol. The Morgan fingerprint density at radius 2 is 1.62 bits per heavy atom. The van der Waals surface area contributed by atoms with Crippen molar-refractivity contribution >= 4 is 18.0 Å². The van der Waals surface area contributed by atoms with Crippen molar-refractivity contribution in [2.75, 3.05) is 14.2 Å². The van der Waals surface area contributed by atoms with Gasteiger partial charge in [0.15, 0.2) is 23.0 Å². The van der Waals surface area contributed by atoms with Crippen LogP contribution in [0.4, 0.5) is 0 Å². The average Bonchev–Trinajstić information content (AvgIpc) is 2.82. The van der Waals surface area contributed by atoms with E-state index < -0.39 is 24.1 Å². The molecule has 0 saturated carbocycles. The molecule has 1 saturated heterocycles. The zero-order valence-corrected chi connectivity index (χ0v) is 22.3. The van der Waals surface area contributed by atoms with E-state index in [1.54, 1.807) is 24.3 Å². The van der Waals surface area contributed by atoms with Crippen LogP contribution >= 0.6 is 0 Å². The number of aromatic hydroxyl groups is 2. The number of benzene rings is 2. The highest BCUT2D eigenvalue weighted by Crippen LogP contribution is 2.48. The standard InChI is InChI=1S/C29H36O8/c1-17(2)7-9-21-22(10-12-24(31)28(21)35-6)29(36-26(32)16-27(33)37-29)20(13-18(3)4)14-19-8-11-23(30)25(15-19)34-5/h8,10-12,14-15,17-18,30-31H,7,9,13,16H2,1-6H3. The Morgan fingerprint density at radius 1 is 0.973 bits per heavy atom. The molecule has 200 valence electrons. The molecule has 0 amide bonds. The van der Waals surface area contributed by atoms with Crippen molar-refractivity contribution in [1.82, 2.24) is 0 Å². The van der Waals surface area contributed by atoms with E-state index in [4.69, 9.17) is 18.9 Å². The maximum atomic E-state index is 12.8. The van der Waals surface area contributed by atoms with Crippen LogP contribution in [0.2, 0.25) is 0 Å². The van der Waals surface area contributed by atoms with Crippen molar-refractivity contribution in [3.8, 4) is 23.0 Å². The zero-order chi connectivity index (χ0) is 27.3. The van der Waals surface area contributed by atoms with E-state index in [-0.39, 0.29) is 28.9 Å². The van der Waals surface area contributed by atoms with Crippen LogP contribution in [0, 0.1) is 11.8 Å². The van der Waals surface area contributed by atoms with Crippen LogP contribution in [0.1, 0.15) is 63.6 Å². The van der Waals surface area contributed by atoms with Crippen LogP contribution in [0.3, 0.4) is 0 Å². The van der Waals surface area contributed by atoms with E-state index in [0.717, 1.165) is 6.42 Å². The fraction of sp³-hybridized carbons (Fsp3) is 0.448. The van der Waals surface area contributed by atoms with E-state index in [1.165, 1.54) is 26.4 Å². The van der Waals surface area contributed by atoms with Gasteiger partial charge in [0.25, 0.3) is 0 Å². The number of hydrogen-bond donors (Lipinski definition) is 2. The highest BCUT2D eigenvalue weighted by atomic mass is 16.7. The monoisotopic (exact) mass is 512 g/mol. The van der Waals surface area contributed by atoms with Crippen molar-refractivity contribution in [2.45, 2.75) is 59.2 Å². The maximum absolute atomic E-state index is 12.8. The van der Waals surface area contributed by atoms with Gasteiger partial charge in [-0.25, -0.2) is 0 Å². The molecule has 8 nitrogen and oxygen atoms in total. The van der Waals surface area contributed by atoms with E-state index in [0.29, 0.717) is 41.0 Å². The second-order valence-corrected chi connectivity index (χ2v) is 10.0. The maximum Gasteiger partial charge on any atom is 0.320 e.